The molecular weight excluding hydrogens is 278 g/mol. The second-order valence-corrected chi connectivity index (χ2v) is 5.72. The molecular formula is C10H12ClN3O3S. The van der Waals surface area contributed by atoms with E-state index in [0.29, 0.717) is 18.2 Å². The molecule has 18 heavy (non-hydrogen) atoms. The minimum atomic E-state index is -1.11. The summed E-state index contributed by atoms with van der Waals surface area (Å²) in [5.74, 6) is -1.22. The molecule has 1 aliphatic heterocycles. The van der Waals surface area contributed by atoms with Gasteiger partial charge in [-0.1, -0.05) is 22.9 Å². The number of carboxylic acid groups (broad SMARTS) is 1. The van der Waals surface area contributed by atoms with Gasteiger partial charge in [-0.05, 0) is 13.8 Å². The first-order valence-electron chi connectivity index (χ1n) is 5.29. The molecule has 1 aromatic rings. The molecule has 0 saturated carbocycles. The fraction of sp³-hybridized carbons (Fsp3) is 0.500. The van der Waals surface area contributed by atoms with E-state index in [4.69, 9.17) is 16.7 Å². The maximum atomic E-state index is 11.8. The lowest BCUT2D eigenvalue weighted by Gasteiger charge is -2.40. The molecule has 0 bridgehead atoms. The maximum absolute atomic E-state index is 11.8. The van der Waals surface area contributed by atoms with E-state index in [2.05, 4.69) is 10.3 Å². The van der Waals surface area contributed by atoms with Crippen LogP contribution in [-0.4, -0.2) is 40.6 Å². The highest BCUT2D eigenvalue weighted by Crippen LogP contribution is 2.34. The van der Waals surface area contributed by atoms with E-state index in [1.54, 1.807) is 18.7 Å². The van der Waals surface area contributed by atoms with Gasteiger partial charge in [0, 0.05) is 13.1 Å². The molecule has 2 rings (SSSR count). The molecule has 2 N–H and O–H groups in total. The van der Waals surface area contributed by atoms with E-state index < -0.39 is 11.5 Å². The van der Waals surface area contributed by atoms with E-state index in [-0.39, 0.29) is 15.9 Å². The number of carbonyl (C=O) groups excluding carboxylic acids is 1. The van der Waals surface area contributed by atoms with E-state index in [0.717, 1.165) is 11.3 Å². The van der Waals surface area contributed by atoms with Crippen molar-refractivity contribution in [2.24, 2.45) is 0 Å². The molecule has 0 atom stereocenters. The molecule has 1 saturated heterocycles. The highest BCUT2D eigenvalue weighted by Gasteiger charge is 2.39. The molecule has 98 valence electrons. The van der Waals surface area contributed by atoms with Crippen LogP contribution in [0, 0.1) is 0 Å². The van der Waals surface area contributed by atoms with Crippen LogP contribution in [0.25, 0.3) is 0 Å². The SMILES string of the molecule is CC1(C)C(=O)NCCN1c1nc(Cl)c(C(=O)O)s1. The summed E-state index contributed by atoms with van der Waals surface area (Å²) in [6, 6.07) is 0. The molecule has 1 aliphatic rings. The van der Waals surface area contributed by atoms with Crippen LogP contribution in [0.4, 0.5) is 5.13 Å². The van der Waals surface area contributed by atoms with Gasteiger partial charge in [0.05, 0.1) is 0 Å². The van der Waals surface area contributed by atoms with Crippen molar-refractivity contribution < 1.29 is 14.7 Å². The van der Waals surface area contributed by atoms with E-state index >= 15 is 0 Å². The largest absolute Gasteiger partial charge is 0.477 e. The number of piperazine rings is 1. The summed E-state index contributed by atoms with van der Waals surface area (Å²) >= 11 is 6.76. The quantitative estimate of drug-likeness (QED) is 0.855. The lowest BCUT2D eigenvalue weighted by atomic mass is 10.00. The van der Waals surface area contributed by atoms with Gasteiger partial charge in [-0.15, -0.1) is 0 Å². The Kier molecular flexibility index (Phi) is 3.20. The van der Waals surface area contributed by atoms with E-state index in [9.17, 15) is 9.59 Å². The molecule has 1 aromatic heterocycles. The number of hydrogen-bond donors (Lipinski definition) is 2. The summed E-state index contributed by atoms with van der Waals surface area (Å²) in [5.41, 5.74) is -0.769. The Morgan fingerprint density at radius 2 is 2.28 bits per heavy atom. The van der Waals surface area contributed by atoms with Gasteiger partial charge in [-0.3, -0.25) is 4.79 Å². The average Bonchev–Trinajstić information content (AvgIpc) is 2.64. The first-order valence-corrected chi connectivity index (χ1v) is 6.49. The standard InChI is InChI=1S/C10H12ClN3O3S/c1-10(2)8(17)12-3-4-14(10)9-13-6(11)5(18-9)7(15)16/h3-4H2,1-2H3,(H,12,17)(H,15,16). The Labute approximate surface area is 113 Å². The third kappa shape index (κ3) is 2.04. The van der Waals surface area contributed by atoms with Gasteiger partial charge in [0.25, 0.3) is 0 Å². The normalized spacial score (nSPS) is 18.6. The fourth-order valence-corrected chi connectivity index (χ4v) is 3.07. The Morgan fingerprint density at radius 3 is 2.83 bits per heavy atom. The second kappa shape index (κ2) is 4.40. The summed E-state index contributed by atoms with van der Waals surface area (Å²) in [6.07, 6.45) is 0. The molecule has 0 aliphatic carbocycles. The summed E-state index contributed by atoms with van der Waals surface area (Å²) in [6.45, 7) is 4.60. The molecule has 0 unspecified atom stereocenters. The van der Waals surface area contributed by atoms with E-state index in [1.165, 1.54) is 0 Å². The number of amides is 1. The number of carboxylic acids is 1. The second-order valence-electron chi connectivity index (χ2n) is 4.39. The lowest BCUT2D eigenvalue weighted by Crippen LogP contribution is -2.62. The first-order chi connectivity index (χ1) is 8.34. The van der Waals surface area contributed by atoms with Crippen LogP contribution < -0.4 is 10.2 Å². The Morgan fingerprint density at radius 1 is 1.61 bits per heavy atom. The van der Waals surface area contributed by atoms with Gasteiger partial charge in [0.15, 0.2) is 15.2 Å². The Hall–Kier alpha value is -1.34. The van der Waals surface area contributed by atoms with Crippen LogP contribution in [0.5, 0.6) is 0 Å². The van der Waals surface area contributed by atoms with Crippen LogP contribution in [0.2, 0.25) is 5.15 Å². The lowest BCUT2D eigenvalue weighted by molar-refractivity contribution is -0.126. The molecule has 2 heterocycles. The summed E-state index contributed by atoms with van der Waals surface area (Å²) in [4.78, 5) is 28.5. The highest BCUT2D eigenvalue weighted by molar-refractivity contribution is 7.18. The topological polar surface area (TPSA) is 82.5 Å². The monoisotopic (exact) mass is 289 g/mol. The average molecular weight is 290 g/mol. The van der Waals surface area contributed by atoms with Crippen LogP contribution in [-0.2, 0) is 4.79 Å². The predicted molar refractivity (Wildman–Crippen MR) is 68.5 cm³/mol. The third-order valence-electron chi connectivity index (χ3n) is 2.85. The number of hydrogen-bond acceptors (Lipinski definition) is 5. The van der Waals surface area contributed by atoms with Gasteiger partial charge in [0.1, 0.15) is 5.54 Å². The molecule has 1 amide bonds. The molecule has 6 nitrogen and oxygen atoms in total. The van der Waals surface area contributed by atoms with E-state index in [1.807, 2.05) is 0 Å². The van der Waals surface area contributed by atoms with Crippen LogP contribution in [0.15, 0.2) is 0 Å². The van der Waals surface area contributed by atoms with Crippen molar-refractivity contribution in [3.8, 4) is 0 Å². The molecule has 0 spiro atoms. The molecule has 0 radical (unpaired) electrons. The Balaban J connectivity index is 2.39. The number of nitrogens with one attached hydrogen (secondary N) is 1. The number of nitrogens with zero attached hydrogens (tertiary/aromatic N) is 2. The zero-order valence-corrected chi connectivity index (χ0v) is 11.4. The van der Waals surface area contributed by atoms with Crippen LogP contribution in [0.3, 0.4) is 0 Å². The predicted octanol–water partition coefficient (Wildman–Crippen LogP) is 1.21. The summed E-state index contributed by atoms with van der Waals surface area (Å²) < 4.78 is 0. The van der Waals surface area contributed by atoms with Crippen LogP contribution in [0.1, 0.15) is 23.5 Å². The molecule has 0 aromatic carbocycles. The molecule has 1 fully saturated rings. The smallest absolute Gasteiger partial charge is 0.349 e. The maximum Gasteiger partial charge on any atom is 0.349 e. The first kappa shape index (κ1) is 13.1. The van der Waals surface area contributed by atoms with Gasteiger partial charge >= 0.3 is 5.97 Å². The summed E-state index contributed by atoms with van der Waals surface area (Å²) in [5, 5.41) is 12.1. The number of halogens is 1. The van der Waals surface area contributed by atoms with Crippen molar-refractivity contribution in [3.63, 3.8) is 0 Å². The number of aromatic nitrogens is 1. The number of carbonyl (C=O) groups is 2. The number of aromatic carboxylic acids is 1. The fourth-order valence-electron chi connectivity index (χ4n) is 1.77. The minimum absolute atomic E-state index is 0.00607. The van der Waals surface area contributed by atoms with Crippen molar-refractivity contribution in [2.75, 3.05) is 18.0 Å². The third-order valence-corrected chi connectivity index (χ3v) is 4.30. The van der Waals surface area contributed by atoms with Gasteiger partial charge < -0.3 is 15.3 Å². The van der Waals surface area contributed by atoms with Gasteiger partial charge in [0.2, 0.25) is 5.91 Å². The number of thiazole rings is 1. The van der Waals surface area contributed by atoms with Crippen molar-refractivity contribution >= 4 is 39.9 Å². The number of rotatable bonds is 2. The van der Waals surface area contributed by atoms with Crippen molar-refractivity contribution in [2.45, 2.75) is 19.4 Å². The molecule has 8 heteroatoms. The Bertz CT molecular complexity index is 514. The minimum Gasteiger partial charge on any atom is -0.477 e. The van der Waals surface area contributed by atoms with Crippen molar-refractivity contribution in [1.29, 1.82) is 0 Å². The van der Waals surface area contributed by atoms with Crippen molar-refractivity contribution in [1.82, 2.24) is 10.3 Å². The van der Waals surface area contributed by atoms with Gasteiger partial charge in [-0.25, -0.2) is 9.78 Å². The zero-order chi connectivity index (χ0) is 13.5. The van der Waals surface area contributed by atoms with Crippen LogP contribution >= 0.6 is 22.9 Å². The van der Waals surface area contributed by atoms with Gasteiger partial charge in [-0.2, -0.15) is 0 Å². The zero-order valence-electron chi connectivity index (χ0n) is 9.86. The van der Waals surface area contributed by atoms with Crippen molar-refractivity contribution in [3.05, 3.63) is 10.0 Å². The summed E-state index contributed by atoms with van der Waals surface area (Å²) in [7, 11) is 0. The highest BCUT2D eigenvalue weighted by atomic mass is 35.5. The number of anilines is 1.